The number of fused-ring (bicyclic) bond motifs is 1. The number of hydrogen-bond donors (Lipinski definition) is 1. The van der Waals surface area contributed by atoms with Gasteiger partial charge in [-0.1, -0.05) is 6.07 Å². The van der Waals surface area contributed by atoms with Gasteiger partial charge in [-0.15, -0.1) is 0 Å². The number of benzene rings is 1. The Labute approximate surface area is 103 Å². The lowest BCUT2D eigenvalue weighted by molar-refractivity contribution is -0.137. The van der Waals surface area contributed by atoms with Crippen LogP contribution in [0.5, 0.6) is 0 Å². The van der Waals surface area contributed by atoms with Crippen molar-refractivity contribution in [2.75, 3.05) is 6.54 Å². The van der Waals surface area contributed by atoms with Gasteiger partial charge in [0, 0.05) is 24.1 Å². The first-order chi connectivity index (χ1) is 8.43. The van der Waals surface area contributed by atoms with E-state index in [9.17, 15) is 13.2 Å². The summed E-state index contributed by atoms with van der Waals surface area (Å²) in [6, 6.07) is 3.87. The molecule has 18 heavy (non-hydrogen) atoms. The first-order valence-corrected chi connectivity index (χ1v) is 5.78. The zero-order valence-corrected chi connectivity index (χ0v) is 10.1. The molecule has 0 atom stereocenters. The maximum absolute atomic E-state index is 12.6. The van der Waals surface area contributed by atoms with Crippen LogP contribution in [0.3, 0.4) is 0 Å². The topological polar surface area (TPSA) is 30.9 Å². The van der Waals surface area contributed by atoms with Crippen LogP contribution in [0.25, 0.3) is 10.9 Å². The van der Waals surface area contributed by atoms with Crippen LogP contribution in [-0.2, 0) is 19.6 Å². The third-order valence-electron chi connectivity index (χ3n) is 3.05. The van der Waals surface area contributed by atoms with Crippen LogP contribution in [0.2, 0.25) is 0 Å². The molecule has 0 saturated heterocycles. The van der Waals surface area contributed by atoms with E-state index in [0.717, 1.165) is 29.9 Å². The predicted octanol–water partition coefficient (Wildman–Crippen LogP) is 3.09. The highest BCUT2D eigenvalue weighted by Gasteiger charge is 2.30. The van der Waals surface area contributed by atoms with Crippen molar-refractivity contribution in [1.82, 2.24) is 4.57 Å². The summed E-state index contributed by atoms with van der Waals surface area (Å²) in [4.78, 5) is 0. The molecule has 0 fully saturated rings. The van der Waals surface area contributed by atoms with Gasteiger partial charge in [-0.05, 0) is 37.1 Å². The average Bonchev–Trinajstić information content (AvgIpc) is 2.62. The Kier molecular flexibility index (Phi) is 3.34. The minimum Gasteiger partial charge on any atom is -0.350 e. The van der Waals surface area contributed by atoms with E-state index in [1.807, 2.05) is 6.20 Å². The molecular weight excluding hydrogens is 241 g/mol. The van der Waals surface area contributed by atoms with E-state index in [0.29, 0.717) is 12.1 Å². The third kappa shape index (κ3) is 2.36. The van der Waals surface area contributed by atoms with Crippen LogP contribution in [-0.4, -0.2) is 11.1 Å². The predicted molar refractivity (Wildman–Crippen MR) is 65.3 cm³/mol. The lowest BCUT2D eigenvalue weighted by atomic mass is 10.1. The molecule has 5 heteroatoms. The van der Waals surface area contributed by atoms with Crippen LogP contribution < -0.4 is 5.73 Å². The van der Waals surface area contributed by atoms with Gasteiger partial charge in [0.25, 0.3) is 0 Å². The van der Waals surface area contributed by atoms with Gasteiger partial charge in [0.05, 0.1) is 5.56 Å². The van der Waals surface area contributed by atoms with Crippen molar-refractivity contribution in [1.29, 1.82) is 0 Å². The number of halogens is 3. The van der Waals surface area contributed by atoms with Gasteiger partial charge < -0.3 is 10.3 Å². The lowest BCUT2D eigenvalue weighted by Gasteiger charge is -2.07. The number of aromatic nitrogens is 1. The Morgan fingerprint density at radius 2 is 2.00 bits per heavy atom. The third-order valence-corrected chi connectivity index (χ3v) is 3.05. The number of aryl methyl sites for hydroxylation is 2. The molecule has 2 aromatic rings. The van der Waals surface area contributed by atoms with Crippen molar-refractivity contribution in [3.63, 3.8) is 0 Å². The van der Waals surface area contributed by atoms with Crippen LogP contribution >= 0.6 is 0 Å². The maximum atomic E-state index is 12.6. The number of alkyl halides is 3. The molecule has 0 aliphatic carbocycles. The minimum absolute atomic E-state index is 0.580. The van der Waals surface area contributed by atoms with Gasteiger partial charge in [0.1, 0.15) is 0 Å². The largest absolute Gasteiger partial charge is 0.416 e. The molecule has 2 nitrogen and oxygen atoms in total. The van der Waals surface area contributed by atoms with Gasteiger partial charge in [-0.2, -0.15) is 13.2 Å². The van der Waals surface area contributed by atoms with E-state index in [1.54, 1.807) is 17.7 Å². The first kappa shape index (κ1) is 13.0. The Morgan fingerprint density at radius 1 is 1.28 bits per heavy atom. The van der Waals surface area contributed by atoms with E-state index in [1.165, 1.54) is 6.07 Å². The highest BCUT2D eigenvalue weighted by Crippen LogP contribution is 2.32. The molecule has 0 radical (unpaired) electrons. The summed E-state index contributed by atoms with van der Waals surface area (Å²) in [5.74, 6) is 0. The molecule has 1 aromatic heterocycles. The highest BCUT2D eigenvalue weighted by molar-refractivity contribution is 5.84. The molecule has 0 unspecified atom stereocenters. The molecule has 2 N–H and O–H groups in total. The smallest absolute Gasteiger partial charge is 0.350 e. The zero-order chi connectivity index (χ0) is 13.3. The molecule has 0 aliphatic rings. The van der Waals surface area contributed by atoms with Crippen LogP contribution in [0.4, 0.5) is 13.2 Å². The van der Waals surface area contributed by atoms with Crippen LogP contribution in [0, 0.1) is 0 Å². The standard InChI is InChI=1S/C13H15F3N2/c1-18-8-9(3-2-6-17)11-5-4-10(7-12(11)18)13(14,15)16/h4-5,7-8H,2-3,6,17H2,1H3. The molecule has 98 valence electrons. The Hall–Kier alpha value is -1.49. The fraction of sp³-hybridized carbons (Fsp3) is 0.385. The second-order valence-electron chi connectivity index (χ2n) is 4.39. The van der Waals surface area contributed by atoms with E-state index in [-0.39, 0.29) is 0 Å². The van der Waals surface area contributed by atoms with Gasteiger partial charge in [-0.3, -0.25) is 0 Å². The van der Waals surface area contributed by atoms with E-state index in [2.05, 4.69) is 0 Å². The number of rotatable bonds is 3. The molecule has 1 aromatic carbocycles. The molecule has 1 heterocycles. The molecule has 0 spiro atoms. The zero-order valence-electron chi connectivity index (χ0n) is 10.1. The average molecular weight is 256 g/mol. The number of nitrogens with zero attached hydrogens (tertiary/aromatic N) is 1. The van der Waals surface area contributed by atoms with Crippen molar-refractivity contribution in [2.24, 2.45) is 12.8 Å². The fourth-order valence-electron chi connectivity index (χ4n) is 2.14. The Balaban J connectivity index is 2.49. The Bertz CT molecular complexity index is 555. The summed E-state index contributed by atoms with van der Waals surface area (Å²) in [5.41, 5.74) is 6.50. The van der Waals surface area contributed by atoms with E-state index in [4.69, 9.17) is 5.73 Å². The first-order valence-electron chi connectivity index (χ1n) is 5.78. The number of nitrogens with two attached hydrogens (primary N) is 1. The van der Waals surface area contributed by atoms with Gasteiger partial charge in [0.2, 0.25) is 0 Å². The molecular formula is C13H15F3N2. The minimum atomic E-state index is -4.30. The van der Waals surface area contributed by atoms with Crippen LogP contribution in [0.1, 0.15) is 17.5 Å². The Morgan fingerprint density at radius 3 is 2.61 bits per heavy atom. The number of hydrogen-bond acceptors (Lipinski definition) is 1. The normalized spacial score (nSPS) is 12.3. The van der Waals surface area contributed by atoms with Gasteiger partial charge in [-0.25, -0.2) is 0 Å². The quantitative estimate of drug-likeness (QED) is 0.898. The van der Waals surface area contributed by atoms with Gasteiger partial charge >= 0.3 is 6.18 Å². The molecule has 2 rings (SSSR count). The van der Waals surface area contributed by atoms with Crippen molar-refractivity contribution in [3.05, 3.63) is 35.5 Å². The summed E-state index contributed by atoms with van der Waals surface area (Å²) >= 11 is 0. The van der Waals surface area contributed by atoms with Crippen molar-refractivity contribution in [2.45, 2.75) is 19.0 Å². The summed E-state index contributed by atoms with van der Waals surface area (Å²) in [7, 11) is 1.76. The van der Waals surface area contributed by atoms with Crippen LogP contribution in [0.15, 0.2) is 24.4 Å². The summed E-state index contributed by atoms with van der Waals surface area (Å²) < 4.78 is 39.6. The van der Waals surface area contributed by atoms with E-state index >= 15 is 0 Å². The molecule has 0 aliphatic heterocycles. The molecule has 0 bridgehead atoms. The monoisotopic (exact) mass is 256 g/mol. The second kappa shape index (κ2) is 4.65. The van der Waals surface area contributed by atoms with Gasteiger partial charge in [0.15, 0.2) is 0 Å². The van der Waals surface area contributed by atoms with Crippen molar-refractivity contribution < 1.29 is 13.2 Å². The summed E-state index contributed by atoms with van der Waals surface area (Å²) in [6.45, 7) is 0.580. The SMILES string of the molecule is Cn1cc(CCCN)c2ccc(C(F)(F)F)cc21. The van der Waals surface area contributed by atoms with E-state index < -0.39 is 11.7 Å². The summed E-state index contributed by atoms with van der Waals surface area (Å²) in [6.07, 6.45) is -0.796. The highest BCUT2D eigenvalue weighted by atomic mass is 19.4. The molecule has 0 saturated carbocycles. The van der Waals surface area contributed by atoms with Crippen molar-refractivity contribution in [3.8, 4) is 0 Å². The second-order valence-corrected chi connectivity index (χ2v) is 4.39. The van der Waals surface area contributed by atoms with Crippen molar-refractivity contribution >= 4 is 10.9 Å². The lowest BCUT2D eigenvalue weighted by Crippen LogP contribution is -2.04. The summed E-state index contributed by atoms with van der Waals surface area (Å²) in [5, 5.41) is 0.874. The maximum Gasteiger partial charge on any atom is 0.416 e. The fourth-order valence-corrected chi connectivity index (χ4v) is 2.14. The molecule has 0 amide bonds.